The summed E-state index contributed by atoms with van der Waals surface area (Å²) in [5.41, 5.74) is 4.43. The number of hydrogen-bond acceptors (Lipinski definition) is 9. The molecule has 0 saturated carbocycles. The molecule has 10 nitrogen and oxygen atoms in total. The molecular weight excluding hydrogens is 532 g/mol. The molecule has 0 N–H and O–H groups in total. The van der Waals surface area contributed by atoms with Gasteiger partial charge in [-0.05, 0) is 57.0 Å². The Bertz CT molecular complexity index is 1390. The minimum Gasteiger partial charge on any atom is -0.462 e. The van der Waals surface area contributed by atoms with Crippen molar-refractivity contribution >= 4 is 17.5 Å². The first-order valence-electron chi connectivity index (χ1n) is 14.9. The Labute approximate surface area is 247 Å². The molecule has 42 heavy (non-hydrogen) atoms. The van der Waals surface area contributed by atoms with Crippen molar-refractivity contribution in [3.8, 4) is 12.1 Å². The molecule has 4 heterocycles. The summed E-state index contributed by atoms with van der Waals surface area (Å²) >= 11 is 0. The lowest BCUT2D eigenvalue weighted by Gasteiger charge is -2.41. The van der Waals surface area contributed by atoms with Crippen molar-refractivity contribution in [3.63, 3.8) is 0 Å². The zero-order valence-corrected chi connectivity index (χ0v) is 24.8. The topological polar surface area (TPSA) is 112 Å². The zero-order chi connectivity index (χ0) is 29.8. The molecule has 2 saturated heterocycles. The van der Waals surface area contributed by atoms with Gasteiger partial charge in [-0.2, -0.15) is 15.2 Å². The number of nitrogens with zero attached hydrogens (tertiary/aromatic N) is 6. The van der Waals surface area contributed by atoms with Crippen molar-refractivity contribution in [2.75, 3.05) is 44.7 Å². The molecule has 2 unspecified atom stereocenters. The number of ketones is 1. The van der Waals surface area contributed by atoms with E-state index in [1.165, 1.54) is 6.08 Å². The molecule has 3 aliphatic heterocycles. The second kappa shape index (κ2) is 13.0. The minimum atomic E-state index is -0.657. The third-order valence-electron chi connectivity index (χ3n) is 8.69. The number of anilines is 1. The van der Waals surface area contributed by atoms with Crippen LogP contribution in [0, 0.1) is 18.3 Å². The summed E-state index contributed by atoms with van der Waals surface area (Å²) in [6, 6.07) is 8.55. The van der Waals surface area contributed by atoms with E-state index in [2.05, 4.69) is 47.7 Å². The van der Waals surface area contributed by atoms with Gasteiger partial charge in [-0.25, -0.2) is 0 Å². The lowest BCUT2D eigenvalue weighted by Crippen LogP contribution is -2.55. The molecule has 2 aromatic rings. The number of hydrogen-bond donors (Lipinski definition) is 0. The minimum absolute atomic E-state index is 0.166. The standard InChI is InChI=1S/C32H40N6O4/c1-5-26-29(30(40)27-17-22-10-9-21(3)16-23(22)19-41-27)34-32(42-20-25-8-7-13-36(25)4)35-31(26)37-14-15-38(28(39)6-2)24(18-37)11-12-33/h6,9-10,16,24-25,27H,2,5,7-8,11,13-15,17-20H2,1,3-4H3/t24?,25?,27-/m1/s1. The van der Waals surface area contributed by atoms with E-state index in [1.54, 1.807) is 4.90 Å². The van der Waals surface area contributed by atoms with E-state index in [9.17, 15) is 14.9 Å². The number of aryl methyl sites for hydroxylation is 1. The normalized spacial score (nSPS) is 22.4. The molecule has 5 rings (SSSR count). The highest BCUT2D eigenvalue weighted by molar-refractivity contribution is 6.00. The number of carbonyl (C=O) groups is 2. The second-order valence-corrected chi connectivity index (χ2v) is 11.4. The zero-order valence-electron chi connectivity index (χ0n) is 24.8. The van der Waals surface area contributed by atoms with Crippen molar-refractivity contribution < 1.29 is 19.1 Å². The first-order valence-corrected chi connectivity index (χ1v) is 14.9. The number of piperazine rings is 1. The molecule has 0 spiro atoms. The number of aromatic nitrogens is 2. The van der Waals surface area contributed by atoms with Crippen molar-refractivity contribution in [2.24, 2.45) is 0 Å². The van der Waals surface area contributed by atoms with Gasteiger partial charge in [0.2, 0.25) is 11.7 Å². The highest BCUT2D eigenvalue weighted by Gasteiger charge is 2.35. The lowest BCUT2D eigenvalue weighted by atomic mass is 9.93. The molecule has 1 aromatic heterocycles. The van der Waals surface area contributed by atoms with Gasteiger partial charge >= 0.3 is 6.01 Å². The molecule has 0 radical (unpaired) electrons. The molecule has 222 valence electrons. The number of fused-ring (bicyclic) bond motifs is 1. The first-order chi connectivity index (χ1) is 20.3. The first kappa shape index (κ1) is 29.7. The van der Waals surface area contributed by atoms with E-state index in [0.717, 1.165) is 41.6 Å². The van der Waals surface area contributed by atoms with E-state index in [1.807, 2.05) is 13.8 Å². The number of nitriles is 1. The Morgan fingerprint density at radius 3 is 2.76 bits per heavy atom. The highest BCUT2D eigenvalue weighted by Crippen LogP contribution is 2.31. The van der Waals surface area contributed by atoms with Crippen LogP contribution in [0.3, 0.4) is 0 Å². The van der Waals surface area contributed by atoms with Crippen LogP contribution in [0.25, 0.3) is 0 Å². The third kappa shape index (κ3) is 6.18. The van der Waals surface area contributed by atoms with Crippen LogP contribution in [0.2, 0.25) is 0 Å². The Morgan fingerprint density at radius 2 is 2.05 bits per heavy atom. The number of benzene rings is 1. The monoisotopic (exact) mass is 572 g/mol. The quantitative estimate of drug-likeness (QED) is 0.330. The Morgan fingerprint density at radius 1 is 1.21 bits per heavy atom. The van der Waals surface area contributed by atoms with Gasteiger partial charge < -0.3 is 24.2 Å². The molecule has 3 atom stereocenters. The van der Waals surface area contributed by atoms with Crippen LogP contribution in [-0.2, 0) is 29.0 Å². The third-order valence-corrected chi connectivity index (χ3v) is 8.69. The number of amides is 1. The van der Waals surface area contributed by atoms with Crippen LogP contribution in [0.15, 0.2) is 30.9 Å². The Kier molecular flexibility index (Phi) is 9.19. The maximum absolute atomic E-state index is 14.1. The van der Waals surface area contributed by atoms with Gasteiger partial charge in [0.05, 0.1) is 25.1 Å². The van der Waals surface area contributed by atoms with Crippen molar-refractivity contribution in [2.45, 2.75) is 70.7 Å². The summed E-state index contributed by atoms with van der Waals surface area (Å²) < 4.78 is 12.3. The smallest absolute Gasteiger partial charge is 0.319 e. The number of rotatable bonds is 9. The average molecular weight is 573 g/mol. The van der Waals surface area contributed by atoms with Crippen LogP contribution in [0.1, 0.15) is 58.9 Å². The molecular formula is C32H40N6O4. The van der Waals surface area contributed by atoms with Crippen LogP contribution >= 0.6 is 0 Å². The number of Topliss-reactive ketones (excluding diaryl/α,β-unsaturated/α-hetero) is 1. The van der Waals surface area contributed by atoms with Gasteiger partial charge in [-0.15, -0.1) is 0 Å². The largest absolute Gasteiger partial charge is 0.462 e. The van der Waals surface area contributed by atoms with Crippen LogP contribution in [0.4, 0.5) is 5.82 Å². The molecule has 0 bridgehead atoms. The maximum Gasteiger partial charge on any atom is 0.319 e. The van der Waals surface area contributed by atoms with E-state index >= 15 is 0 Å². The Balaban J connectivity index is 1.48. The fourth-order valence-electron chi connectivity index (χ4n) is 6.26. The molecule has 10 heteroatoms. The maximum atomic E-state index is 14.1. The van der Waals surface area contributed by atoms with Crippen molar-refractivity contribution in [1.82, 2.24) is 19.8 Å². The van der Waals surface area contributed by atoms with Gasteiger partial charge in [-0.1, -0.05) is 37.3 Å². The van der Waals surface area contributed by atoms with Gasteiger partial charge in [0, 0.05) is 37.7 Å². The van der Waals surface area contributed by atoms with Crippen molar-refractivity contribution in [1.29, 1.82) is 5.26 Å². The van der Waals surface area contributed by atoms with Gasteiger partial charge in [0.15, 0.2) is 0 Å². The van der Waals surface area contributed by atoms with E-state index in [0.29, 0.717) is 57.2 Å². The molecule has 1 aromatic carbocycles. The predicted molar refractivity (Wildman–Crippen MR) is 158 cm³/mol. The van der Waals surface area contributed by atoms with Gasteiger partial charge in [0.1, 0.15) is 24.2 Å². The fourth-order valence-corrected chi connectivity index (χ4v) is 6.26. The molecule has 1 amide bonds. The van der Waals surface area contributed by atoms with E-state index in [4.69, 9.17) is 19.4 Å². The summed E-state index contributed by atoms with van der Waals surface area (Å²) in [5.74, 6) is 0.239. The summed E-state index contributed by atoms with van der Waals surface area (Å²) in [6.07, 6.45) is 3.96. The van der Waals surface area contributed by atoms with E-state index in [-0.39, 0.29) is 36.2 Å². The molecule has 2 fully saturated rings. The lowest BCUT2D eigenvalue weighted by molar-refractivity contribution is -0.128. The van der Waals surface area contributed by atoms with Gasteiger partial charge in [0.25, 0.3) is 0 Å². The number of ether oxygens (including phenoxy) is 2. The summed E-state index contributed by atoms with van der Waals surface area (Å²) in [6.45, 7) is 10.8. The number of likely N-dealkylation sites (N-methyl/N-ethyl adjacent to an activating group) is 1. The number of likely N-dealkylation sites (tertiary alicyclic amines) is 1. The summed E-state index contributed by atoms with van der Waals surface area (Å²) in [4.78, 5) is 42.2. The van der Waals surface area contributed by atoms with Crippen LogP contribution < -0.4 is 9.64 Å². The number of carbonyl (C=O) groups excluding carboxylic acids is 2. The highest BCUT2D eigenvalue weighted by atomic mass is 16.5. The second-order valence-electron chi connectivity index (χ2n) is 11.4. The van der Waals surface area contributed by atoms with Crippen LogP contribution in [-0.4, -0.2) is 89.5 Å². The Hall–Kier alpha value is -3.81. The molecule has 0 aliphatic carbocycles. The van der Waals surface area contributed by atoms with Crippen LogP contribution in [0.5, 0.6) is 6.01 Å². The SMILES string of the molecule is C=CC(=O)N1CCN(c2nc(OCC3CCCN3C)nc(C(=O)[C@H]3Cc4ccc(C)cc4CO3)c2CC)CC1CC#N. The fraction of sp³-hybridized carbons (Fsp3) is 0.531. The van der Waals surface area contributed by atoms with Gasteiger partial charge in [-0.3, -0.25) is 9.59 Å². The predicted octanol–water partition coefficient (Wildman–Crippen LogP) is 3.26. The summed E-state index contributed by atoms with van der Waals surface area (Å²) in [7, 11) is 2.08. The molecule has 3 aliphatic rings. The summed E-state index contributed by atoms with van der Waals surface area (Å²) in [5, 5.41) is 9.49. The van der Waals surface area contributed by atoms with E-state index < -0.39 is 6.10 Å². The van der Waals surface area contributed by atoms with Crippen molar-refractivity contribution in [3.05, 3.63) is 58.8 Å². The average Bonchev–Trinajstić information content (AvgIpc) is 3.42.